The van der Waals surface area contributed by atoms with E-state index < -0.39 is 10.0 Å². The van der Waals surface area contributed by atoms with Crippen LogP contribution in [0.4, 0.5) is 0 Å². The number of nitrogens with zero attached hydrogens (tertiary/aromatic N) is 1. The van der Waals surface area contributed by atoms with Gasteiger partial charge in [-0.05, 0) is 18.2 Å². The van der Waals surface area contributed by atoms with Crippen LogP contribution in [0.2, 0.25) is 0 Å². The molecular weight excluding hydrogens is 366 g/mol. The molecule has 7 heteroatoms. The van der Waals surface area contributed by atoms with Gasteiger partial charge in [0.25, 0.3) is 0 Å². The van der Waals surface area contributed by atoms with Crippen molar-refractivity contribution in [3.05, 3.63) is 53.8 Å². The Morgan fingerprint density at radius 1 is 1.04 bits per heavy atom. The maximum absolute atomic E-state index is 13.1. The quantitative estimate of drug-likeness (QED) is 0.614. The van der Waals surface area contributed by atoms with Crippen molar-refractivity contribution in [2.75, 3.05) is 21.3 Å². The van der Waals surface area contributed by atoms with Crippen molar-refractivity contribution in [3.63, 3.8) is 0 Å². The van der Waals surface area contributed by atoms with Gasteiger partial charge in [0.05, 0.1) is 19.1 Å². The predicted octanol–water partition coefficient (Wildman–Crippen LogP) is 3.83. The average molecular weight is 389 g/mol. The topological polar surface area (TPSA) is 69.0 Å². The zero-order valence-electron chi connectivity index (χ0n) is 15.9. The summed E-state index contributed by atoms with van der Waals surface area (Å²) in [6.07, 6.45) is 0.689. The van der Waals surface area contributed by atoms with E-state index in [0.717, 1.165) is 22.3 Å². The lowest BCUT2D eigenvalue weighted by atomic mass is 10.1. The summed E-state index contributed by atoms with van der Waals surface area (Å²) in [6.45, 7) is 2.21. The Kier molecular flexibility index (Phi) is 5.43. The second-order valence-electron chi connectivity index (χ2n) is 6.13. The van der Waals surface area contributed by atoms with E-state index >= 15 is 0 Å². The van der Waals surface area contributed by atoms with Gasteiger partial charge in [0.1, 0.15) is 11.3 Å². The highest BCUT2D eigenvalue weighted by atomic mass is 32.2. The van der Waals surface area contributed by atoms with Gasteiger partial charge in [0.15, 0.2) is 11.5 Å². The first-order chi connectivity index (χ1) is 12.9. The summed E-state index contributed by atoms with van der Waals surface area (Å²) in [6, 6.07) is 12.2. The molecule has 0 spiro atoms. The molecule has 0 saturated carbocycles. The van der Waals surface area contributed by atoms with E-state index in [1.165, 1.54) is 30.7 Å². The Morgan fingerprint density at radius 3 is 2.41 bits per heavy atom. The Hall–Kier alpha value is -2.51. The predicted molar refractivity (Wildman–Crippen MR) is 104 cm³/mol. The van der Waals surface area contributed by atoms with Crippen LogP contribution in [0.15, 0.2) is 51.8 Å². The van der Waals surface area contributed by atoms with E-state index in [-0.39, 0.29) is 11.4 Å². The number of methoxy groups -OCH3 is 2. The van der Waals surface area contributed by atoms with Crippen LogP contribution in [0.5, 0.6) is 11.5 Å². The van der Waals surface area contributed by atoms with Crippen molar-refractivity contribution in [3.8, 4) is 11.5 Å². The highest BCUT2D eigenvalue weighted by molar-refractivity contribution is 7.89. The third-order valence-corrected chi connectivity index (χ3v) is 6.35. The van der Waals surface area contributed by atoms with Gasteiger partial charge in [-0.3, -0.25) is 0 Å². The van der Waals surface area contributed by atoms with E-state index in [0.29, 0.717) is 17.9 Å². The molecule has 6 nitrogen and oxygen atoms in total. The maximum Gasteiger partial charge on any atom is 0.243 e. The molecule has 0 bridgehead atoms. The number of fused-ring (bicyclic) bond motifs is 1. The molecule has 2 aromatic carbocycles. The van der Waals surface area contributed by atoms with E-state index in [9.17, 15) is 8.42 Å². The standard InChI is InChI=1S/C20H23NO5S/c1-5-17-16(15-8-6-7-9-18(15)26-17)13-21(2)27(22,23)14-10-11-19(24-3)20(12-14)25-4/h6-12H,5,13H2,1-4H3. The monoisotopic (exact) mass is 389 g/mol. The van der Waals surface area contributed by atoms with Crippen LogP contribution in [0.25, 0.3) is 11.0 Å². The number of para-hydroxylation sites is 1. The van der Waals surface area contributed by atoms with Crippen LogP contribution in [0.3, 0.4) is 0 Å². The zero-order valence-corrected chi connectivity index (χ0v) is 16.7. The first kappa shape index (κ1) is 19.3. The number of hydrogen-bond acceptors (Lipinski definition) is 5. The molecule has 0 fully saturated rings. The van der Waals surface area contributed by atoms with Gasteiger partial charge in [-0.15, -0.1) is 0 Å². The molecule has 3 rings (SSSR count). The van der Waals surface area contributed by atoms with Crippen LogP contribution in [-0.4, -0.2) is 34.0 Å². The number of benzene rings is 2. The Bertz CT molecular complexity index is 1060. The van der Waals surface area contributed by atoms with Crippen molar-refractivity contribution >= 4 is 21.0 Å². The molecule has 1 heterocycles. The third-order valence-electron chi connectivity index (χ3n) is 4.55. The summed E-state index contributed by atoms with van der Waals surface area (Å²) < 4.78 is 43.7. The molecule has 27 heavy (non-hydrogen) atoms. The first-order valence-electron chi connectivity index (χ1n) is 8.60. The number of aryl methyl sites for hydroxylation is 1. The maximum atomic E-state index is 13.1. The van der Waals surface area contributed by atoms with Gasteiger partial charge in [0, 0.05) is 37.0 Å². The highest BCUT2D eigenvalue weighted by Gasteiger charge is 2.25. The summed E-state index contributed by atoms with van der Waals surface area (Å²) in [5.74, 6) is 1.65. The van der Waals surface area contributed by atoms with Gasteiger partial charge < -0.3 is 13.9 Å². The van der Waals surface area contributed by atoms with Crippen LogP contribution < -0.4 is 9.47 Å². The molecule has 3 aromatic rings. The largest absolute Gasteiger partial charge is 0.493 e. The smallest absolute Gasteiger partial charge is 0.243 e. The lowest BCUT2D eigenvalue weighted by Crippen LogP contribution is -2.26. The van der Waals surface area contributed by atoms with Crippen LogP contribution in [-0.2, 0) is 23.0 Å². The van der Waals surface area contributed by atoms with E-state index in [1.807, 2.05) is 31.2 Å². The lowest BCUT2D eigenvalue weighted by molar-refractivity contribution is 0.353. The second-order valence-corrected chi connectivity index (χ2v) is 8.18. The summed E-state index contributed by atoms with van der Waals surface area (Å²) in [4.78, 5) is 0.147. The lowest BCUT2D eigenvalue weighted by Gasteiger charge is -2.18. The number of hydrogen-bond donors (Lipinski definition) is 0. The minimum atomic E-state index is -3.71. The summed E-state index contributed by atoms with van der Waals surface area (Å²) in [7, 11) is 0.836. The number of furan rings is 1. The molecule has 0 aliphatic rings. The fraction of sp³-hybridized carbons (Fsp3) is 0.300. The van der Waals surface area contributed by atoms with Crippen molar-refractivity contribution in [2.45, 2.75) is 24.8 Å². The molecule has 1 aromatic heterocycles. The van der Waals surface area contributed by atoms with Crippen molar-refractivity contribution in [1.82, 2.24) is 4.31 Å². The Labute approximate surface area is 159 Å². The summed E-state index contributed by atoms with van der Waals surface area (Å²) >= 11 is 0. The molecule has 0 unspecified atom stereocenters. The van der Waals surface area contributed by atoms with Crippen LogP contribution in [0.1, 0.15) is 18.2 Å². The summed E-state index contributed by atoms with van der Waals surface area (Å²) in [5.41, 5.74) is 1.65. The van der Waals surface area contributed by atoms with Gasteiger partial charge in [0.2, 0.25) is 10.0 Å². The number of ether oxygens (including phenoxy) is 2. The fourth-order valence-corrected chi connectivity index (χ4v) is 4.23. The normalized spacial score (nSPS) is 11.9. The van der Waals surface area contributed by atoms with Crippen molar-refractivity contribution in [2.24, 2.45) is 0 Å². The van der Waals surface area contributed by atoms with Gasteiger partial charge in [-0.25, -0.2) is 8.42 Å². The highest BCUT2D eigenvalue weighted by Crippen LogP contribution is 2.32. The van der Waals surface area contributed by atoms with Crippen molar-refractivity contribution < 1.29 is 22.3 Å². The Morgan fingerprint density at radius 2 is 1.74 bits per heavy atom. The molecular formula is C20H23NO5S. The number of sulfonamides is 1. The molecule has 0 aliphatic heterocycles. The van der Waals surface area contributed by atoms with E-state index in [1.54, 1.807) is 13.1 Å². The van der Waals surface area contributed by atoms with Crippen LogP contribution in [0, 0.1) is 0 Å². The molecule has 0 N–H and O–H groups in total. The van der Waals surface area contributed by atoms with E-state index in [4.69, 9.17) is 13.9 Å². The van der Waals surface area contributed by atoms with Crippen molar-refractivity contribution in [1.29, 1.82) is 0 Å². The number of rotatable bonds is 7. The molecule has 0 saturated heterocycles. The Balaban J connectivity index is 1.97. The SMILES string of the molecule is CCc1oc2ccccc2c1CN(C)S(=O)(=O)c1ccc(OC)c(OC)c1. The molecule has 0 atom stereocenters. The molecule has 144 valence electrons. The van der Waals surface area contributed by atoms with Gasteiger partial charge in [-0.2, -0.15) is 4.31 Å². The summed E-state index contributed by atoms with van der Waals surface area (Å²) in [5, 5.41) is 0.934. The molecule has 0 amide bonds. The average Bonchev–Trinajstić information content (AvgIpc) is 3.04. The van der Waals surface area contributed by atoms with Crippen LogP contribution >= 0.6 is 0 Å². The zero-order chi connectivity index (χ0) is 19.6. The van der Waals surface area contributed by atoms with Gasteiger partial charge >= 0.3 is 0 Å². The third kappa shape index (κ3) is 3.52. The molecule has 0 radical (unpaired) electrons. The van der Waals surface area contributed by atoms with Gasteiger partial charge in [-0.1, -0.05) is 25.1 Å². The first-order valence-corrected chi connectivity index (χ1v) is 10.0. The second kappa shape index (κ2) is 7.62. The minimum Gasteiger partial charge on any atom is -0.493 e. The molecule has 0 aliphatic carbocycles. The minimum absolute atomic E-state index is 0.147. The van der Waals surface area contributed by atoms with E-state index in [2.05, 4.69) is 0 Å². The fourth-order valence-electron chi connectivity index (χ4n) is 3.07.